The lowest BCUT2D eigenvalue weighted by molar-refractivity contribution is 0.798. The fraction of sp³-hybridized carbons (Fsp3) is 0.375. The van der Waals surface area contributed by atoms with Gasteiger partial charge in [-0.3, -0.25) is 4.98 Å². The normalized spacial score (nSPS) is 14.6. The topological polar surface area (TPSA) is 37.0 Å². The maximum Gasteiger partial charge on any atom is 0.0707 e. The number of aromatic nitrogens is 1. The van der Waals surface area contributed by atoms with E-state index in [-0.39, 0.29) is 0 Å². The molecule has 0 aromatic carbocycles. The van der Waals surface area contributed by atoms with E-state index in [0.29, 0.717) is 5.92 Å². The van der Waals surface area contributed by atoms with Crippen LogP contribution in [0.25, 0.3) is 0 Å². The smallest absolute Gasteiger partial charge is 0.0707 e. The summed E-state index contributed by atoms with van der Waals surface area (Å²) in [6.45, 7) is 4.31. The summed E-state index contributed by atoms with van der Waals surface area (Å²) in [5, 5.41) is 0. The third kappa shape index (κ3) is 1.17. The van der Waals surface area contributed by atoms with E-state index in [1.165, 1.54) is 4.90 Å². The van der Waals surface area contributed by atoms with Crippen LogP contribution in [0.3, 0.4) is 0 Å². The number of hydrazine groups is 1. The van der Waals surface area contributed by atoms with Crippen molar-refractivity contribution >= 4 is 17.6 Å². The summed E-state index contributed by atoms with van der Waals surface area (Å²) in [5.74, 6) is 0.481. The van der Waals surface area contributed by atoms with Gasteiger partial charge in [0.1, 0.15) is 0 Å². The molecule has 0 saturated carbocycles. The van der Waals surface area contributed by atoms with Gasteiger partial charge < -0.3 is 5.43 Å². The highest BCUT2D eigenvalue weighted by Gasteiger charge is 2.17. The molecule has 3 nitrogen and oxygen atoms in total. The van der Waals surface area contributed by atoms with E-state index in [4.69, 9.17) is 0 Å². The van der Waals surface area contributed by atoms with E-state index in [9.17, 15) is 0 Å². The first-order chi connectivity index (χ1) is 5.79. The molecule has 0 spiro atoms. The van der Waals surface area contributed by atoms with Crippen molar-refractivity contribution in [3.63, 3.8) is 0 Å². The predicted octanol–water partition coefficient (Wildman–Crippen LogP) is 2.14. The van der Waals surface area contributed by atoms with E-state index >= 15 is 0 Å². The van der Waals surface area contributed by atoms with Gasteiger partial charge in [-0.1, -0.05) is 13.8 Å². The molecule has 1 aliphatic rings. The molecule has 0 atom stereocenters. The molecule has 64 valence electrons. The molecule has 2 rings (SSSR count). The van der Waals surface area contributed by atoms with Crippen LogP contribution in [0, 0.1) is 0 Å². The van der Waals surface area contributed by atoms with Crippen molar-refractivity contribution in [1.82, 2.24) is 9.82 Å². The number of nitrogens with zero attached hydrogens (tertiary/aromatic N) is 1. The van der Waals surface area contributed by atoms with Gasteiger partial charge in [0.15, 0.2) is 0 Å². The fourth-order valence-electron chi connectivity index (χ4n) is 1.21. The van der Waals surface area contributed by atoms with Crippen LogP contribution in [0.5, 0.6) is 0 Å². The number of rotatable bonds is 1. The molecular formula is C8H11N3S. The molecule has 12 heavy (non-hydrogen) atoms. The highest BCUT2D eigenvalue weighted by molar-refractivity contribution is 7.98. The van der Waals surface area contributed by atoms with E-state index in [2.05, 4.69) is 29.1 Å². The Morgan fingerprint density at radius 3 is 3.08 bits per heavy atom. The molecule has 1 aromatic rings. The number of fused-ring (bicyclic) bond motifs is 1. The summed E-state index contributed by atoms with van der Waals surface area (Å²) < 4.78 is 0. The summed E-state index contributed by atoms with van der Waals surface area (Å²) in [7, 11) is 0. The van der Waals surface area contributed by atoms with Crippen molar-refractivity contribution in [3.8, 4) is 0 Å². The molecule has 1 aliphatic heterocycles. The lowest BCUT2D eigenvalue weighted by Gasteiger charge is -2.06. The van der Waals surface area contributed by atoms with Crippen LogP contribution in [0.15, 0.2) is 17.2 Å². The van der Waals surface area contributed by atoms with Crippen molar-refractivity contribution < 1.29 is 0 Å². The molecule has 0 radical (unpaired) electrons. The van der Waals surface area contributed by atoms with E-state index in [1.54, 1.807) is 11.9 Å². The molecule has 0 saturated heterocycles. The molecule has 0 unspecified atom stereocenters. The SMILES string of the molecule is CC(C)c1nccc2c1SNN2. The average Bonchev–Trinajstić information content (AvgIpc) is 2.49. The van der Waals surface area contributed by atoms with Crippen molar-refractivity contribution in [2.24, 2.45) is 0 Å². The van der Waals surface area contributed by atoms with Gasteiger partial charge in [0.2, 0.25) is 0 Å². The zero-order chi connectivity index (χ0) is 8.55. The minimum atomic E-state index is 0.481. The van der Waals surface area contributed by atoms with Gasteiger partial charge in [-0.05, 0) is 23.9 Å². The maximum atomic E-state index is 4.35. The van der Waals surface area contributed by atoms with Crippen LogP contribution in [0.2, 0.25) is 0 Å². The van der Waals surface area contributed by atoms with Gasteiger partial charge in [-0.25, -0.2) is 0 Å². The number of pyridine rings is 1. The van der Waals surface area contributed by atoms with Gasteiger partial charge in [0.25, 0.3) is 0 Å². The largest absolute Gasteiger partial charge is 0.310 e. The quantitative estimate of drug-likeness (QED) is 0.651. The Kier molecular flexibility index (Phi) is 1.94. The van der Waals surface area contributed by atoms with Crippen molar-refractivity contribution in [1.29, 1.82) is 0 Å². The highest BCUT2D eigenvalue weighted by atomic mass is 32.2. The molecule has 2 N–H and O–H groups in total. The Balaban J connectivity index is 2.49. The maximum absolute atomic E-state index is 4.35. The molecule has 0 aliphatic carbocycles. The summed E-state index contributed by atoms with van der Waals surface area (Å²) in [4.78, 5) is 8.59. The Labute approximate surface area is 76.1 Å². The van der Waals surface area contributed by atoms with Crippen molar-refractivity contribution in [3.05, 3.63) is 18.0 Å². The summed E-state index contributed by atoms with van der Waals surface area (Å²) in [5.41, 5.74) is 5.37. The lowest BCUT2D eigenvalue weighted by Crippen LogP contribution is -2.04. The van der Waals surface area contributed by atoms with Gasteiger partial charge in [0, 0.05) is 6.20 Å². The zero-order valence-corrected chi connectivity index (χ0v) is 7.90. The van der Waals surface area contributed by atoms with Gasteiger partial charge in [-0.2, -0.15) is 4.83 Å². The number of nitrogens with one attached hydrogen (secondary N) is 2. The van der Waals surface area contributed by atoms with Crippen LogP contribution < -0.4 is 10.3 Å². The summed E-state index contributed by atoms with van der Waals surface area (Å²) in [6, 6.07) is 1.98. The Morgan fingerprint density at radius 1 is 1.50 bits per heavy atom. The molecule has 4 heteroatoms. The van der Waals surface area contributed by atoms with E-state index < -0.39 is 0 Å². The second-order valence-corrected chi connectivity index (χ2v) is 3.87. The van der Waals surface area contributed by atoms with Gasteiger partial charge in [0.05, 0.1) is 16.3 Å². The molecule has 0 amide bonds. The molecule has 0 bridgehead atoms. The number of anilines is 1. The van der Waals surface area contributed by atoms with Gasteiger partial charge in [-0.15, -0.1) is 0 Å². The monoisotopic (exact) mass is 181 g/mol. The first-order valence-electron chi connectivity index (χ1n) is 3.96. The van der Waals surface area contributed by atoms with Gasteiger partial charge >= 0.3 is 0 Å². The Hall–Kier alpha value is -0.740. The third-order valence-electron chi connectivity index (χ3n) is 1.82. The minimum Gasteiger partial charge on any atom is -0.310 e. The van der Waals surface area contributed by atoms with Crippen molar-refractivity contribution in [2.45, 2.75) is 24.7 Å². The standard InChI is InChI=1S/C8H11N3S/c1-5(2)7-8-6(3-4-9-7)10-11-12-8/h3-5,10-11H,1-2H3. The van der Waals surface area contributed by atoms with Crippen LogP contribution in [-0.4, -0.2) is 4.98 Å². The molecule has 0 fully saturated rings. The summed E-state index contributed by atoms with van der Waals surface area (Å²) >= 11 is 1.60. The predicted molar refractivity (Wildman–Crippen MR) is 50.9 cm³/mol. The third-order valence-corrected chi connectivity index (χ3v) is 2.66. The Bertz CT molecular complexity index is 298. The minimum absolute atomic E-state index is 0.481. The van der Waals surface area contributed by atoms with E-state index in [1.807, 2.05) is 12.3 Å². The van der Waals surface area contributed by atoms with Crippen LogP contribution in [0.1, 0.15) is 25.5 Å². The number of hydrogen-bond acceptors (Lipinski definition) is 4. The lowest BCUT2D eigenvalue weighted by atomic mass is 10.1. The number of hydrogen-bond donors (Lipinski definition) is 2. The fourth-order valence-corrected chi connectivity index (χ4v) is 2.10. The van der Waals surface area contributed by atoms with Crippen LogP contribution in [0.4, 0.5) is 5.69 Å². The average molecular weight is 181 g/mol. The Morgan fingerprint density at radius 2 is 2.33 bits per heavy atom. The molecule has 2 heterocycles. The van der Waals surface area contributed by atoms with Crippen LogP contribution in [-0.2, 0) is 0 Å². The molecule has 1 aromatic heterocycles. The van der Waals surface area contributed by atoms with Crippen molar-refractivity contribution in [2.75, 3.05) is 5.43 Å². The second-order valence-electron chi connectivity index (χ2n) is 3.06. The van der Waals surface area contributed by atoms with E-state index in [0.717, 1.165) is 11.4 Å². The first-order valence-corrected chi connectivity index (χ1v) is 4.77. The summed E-state index contributed by atoms with van der Waals surface area (Å²) in [6.07, 6.45) is 1.84. The highest BCUT2D eigenvalue weighted by Crippen LogP contribution is 2.35. The second kappa shape index (κ2) is 2.95. The first kappa shape index (κ1) is 7.89. The molecular weight excluding hydrogens is 170 g/mol. The van der Waals surface area contributed by atoms with Crippen LogP contribution >= 0.6 is 11.9 Å². The zero-order valence-electron chi connectivity index (χ0n) is 7.09.